The summed E-state index contributed by atoms with van der Waals surface area (Å²) >= 11 is 5.25. The average molecular weight is 423 g/mol. The van der Waals surface area contributed by atoms with Crippen molar-refractivity contribution in [2.75, 3.05) is 26.2 Å². The van der Waals surface area contributed by atoms with Crippen LogP contribution in [-0.4, -0.2) is 42.6 Å². The molecule has 0 radical (unpaired) electrons. The van der Waals surface area contributed by atoms with Gasteiger partial charge in [0.2, 0.25) is 0 Å². The summed E-state index contributed by atoms with van der Waals surface area (Å²) in [4.78, 5) is 3.43. The van der Waals surface area contributed by atoms with Gasteiger partial charge in [-0.25, -0.2) is 4.98 Å². The molecule has 1 aromatic heterocycles. The molecule has 0 aromatic carbocycles. The van der Waals surface area contributed by atoms with Crippen molar-refractivity contribution in [3.63, 3.8) is 0 Å². The first-order chi connectivity index (χ1) is 13.2. The highest BCUT2D eigenvalue weighted by atomic mass is 35.5. The summed E-state index contributed by atoms with van der Waals surface area (Å²) in [6, 6.07) is 1.70. The smallest absolute Gasteiger partial charge is 0.445 e. The van der Waals surface area contributed by atoms with Crippen LogP contribution in [0.1, 0.15) is 79.1 Å². The molecule has 0 bridgehead atoms. The molecule has 0 aliphatic carbocycles. The van der Waals surface area contributed by atoms with Gasteiger partial charge in [0.15, 0.2) is 0 Å². The van der Waals surface area contributed by atoms with E-state index in [4.69, 9.17) is 11.6 Å². The van der Waals surface area contributed by atoms with Gasteiger partial charge >= 0.3 is 6.98 Å². The molecule has 0 saturated carbocycles. The van der Waals surface area contributed by atoms with Gasteiger partial charge < -0.3 is 17.4 Å². The van der Waals surface area contributed by atoms with Crippen molar-refractivity contribution in [1.82, 2.24) is 4.98 Å². The van der Waals surface area contributed by atoms with E-state index in [2.05, 4.69) is 32.7 Å². The highest BCUT2D eigenvalue weighted by molar-refractivity contribution is 6.73. The Labute approximate surface area is 175 Å². The quantitative estimate of drug-likeness (QED) is 0.194. The minimum Gasteiger partial charge on any atom is -0.445 e. The van der Waals surface area contributed by atoms with Gasteiger partial charge in [-0.2, -0.15) is 0 Å². The highest BCUT2D eigenvalue weighted by Gasteiger charge is 2.25. The lowest BCUT2D eigenvalue weighted by Gasteiger charge is -2.39. The standard InChI is InChI=1S/C16H36N.C5H3BClF3N/c1-5-9-13-17(14-10-6-2,15-11-7-3)16-12-8-4;7-5-3-4(1-2-11-5)6(8,9)10/h5-16H2,1-4H3;1-3H/q+1;-1. The van der Waals surface area contributed by atoms with Gasteiger partial charge in [0.1, 0.15) is 5.15 Å². The Bertz CT molecular complexity index is 475. The SMILES string of the molecule is CCCC[N+](CCCC)(CCCC)CCCC.F[B-](F)(F)c1ccnc(Cl)c1. The number of unbranched alkanes of at least 4 members (excludes halogenated alkanes) is 4. The molecule has 0 unspecified atom stereocenters. The molecule has 164 valence electrons. The van der Waals surface area contributed by atoms with Crippen molar-refractivity contribution in [3.8, 4) is 0 Å². The normalized spacial score (nSPS) is 11.9. The first-order valence-electron chi connectivity index (χ1n) is 10.9. The number of quaternary nitrogens is 1. The fourth-order valence-electron chi connectivity index (χ4n) is 3.27. The van der Waals surface area contributed by atoms with E-state index in [1.54, 1.807) is 0 Å². The number of pyridine rings is 1. The van der Waals surface area contributed by atoms with Crippen molar-refractivity contribution < 1.29 is 17.4 Å². The third-order valence-electron chi connectivity index (χ3n) is 5.07. The maximum absolute atomic E-state index is 11.9. The number of hydrogen-bond acceptors (Lipinski definition) is 1. The van der Waals surface area contributed by atoms with E-state index in [1.807, 2.05) is 0 Å². The summed E-state index contributed by atoms with van der Waals surface area (Å²) < 4.78 is 37.3. The zero-order valence-corrected chi connectivity index (χ0v) is 19.0. The van der Waals surface area contributed by atoms with E-state index < -0.39 is 12.4 Å². The Morgan fingerprint density at radius 2 is 1.21 bits per heavy atom. The largest absolute Gasteiger partial charge is 0.509 e. The van der Waals surface area contributed by atoms with Gasteiger partial charge in [-0.05, 0) is 25.7 Å². The number of rotatable bonds is 13. The summed E-state index contributed by atoms with van der Waals surface area (Å²) in [5.74, 6) is 0. The molecule has 1 rings (SSSR count). The molecule has 1 aromatic rings. The molecule has 1 heterocycles. The fraction of sp³-hybridized carbons (Fsp3) is 0.762. The number of nitrogens with zero attached hydrogens (tertiary/aromatic N) is 2. The molecule has 0 spiro atoms. The van der Waals surface area contributed by atoms with Gasteiger partial charge in [0.25, 0.3) is 0 Å². The van der Waals surface area contributed by atoms with E-state index in [1.165, 1.54) is 82.0 Å². The Kier molecular flexibility index (Phi) is 14.7. The molecular weight excluding hydrogens is 384 g/mol. The molecule has 0 atom stereocenters. The predicted molar refractivity (Wildman–Crippen MR) is 117 cm³/mol. The Hall–Kier alpha value is -0.745. The van der Waals surface area contributed by atoms with E-state index in [9.17, 15) is 12.9 Å². The van der Waals surface area contributed by atoms with Gasteiger partial charge in [-0.3, -0.25) is 0 Å². The Balaban J connectivity index is 0.000000567. The van der Waals surface area contributed by atoms with Crippen LogP contribution in [0.4, 0.5) is 12.9 Å². The van der Waals surface area contributed by atoms with Crippen LogP contribution in [0.15, 0.2) is 18.3 Å². The Morgan fingerprint density at radius 1 is 0.821 bits per heavy atom. The monoisotopic (exact) mass is 422 g/mol. The van der Waals surface area contributed by atoms with Crippen LogP contribution in [0.2, 0.25) is 5.15 Å². The second kappa shape index (κ2) is 15.1. The summed E-state index contributed by atoms with van der Waals surface area (Å²) in [5, 5.41) is -0.137. The number of halogens is 4. The van der Waals surface area contributed by atoms with Crippen LogP contribution < -0.4 is 5.46 Å². The molecule has 7 heteroatoms. The zero-order chi connectivity index (χ0) is 21.5. The topological polar surface area (TPSA) is 12.9 Å². The first-order valence-corrected chi connectivity index (χ1v) is 11.3. The van der Waals surface area contributed by atoms with Crippen LogP contribution in [0.5, 0.6) is 0 Å². The van der Waals surface area contributed by atoms with Crippen LogP contribution >= 0.6 is 11.6 Å². The van der Waals surface area contributed by atoms with Gasteiger partial charge in [-0.1, -0.05) is 77.1 Å². The van der Waals surface area contributed by atoms with Crippen molar-refractivity contribution in [2.24, 2.45) is 0 Å². The summed E-state index contributed by atoms with van der Waals surface area (Å²) in [7, 11) is 0. The molecule has 0 fully saturated rings. The molecule has 0 N–H and O–H groups in total. The first kappa shape index (κ1) is 27.3. The minimum atomic E-state index is -4.95. The molecule has 0 aliphatic rings. The molecule has 0 amide bonds. The number of hydrogen-bond donors (Lipinski definition) is 0. The third-order valence-corrected chi connectivity index (χ3v) is 5.28. The lowest BCUT2D eigenvalue weighted by Crippen LogP contribution is -2.50. The van der Waals surface area contributed by atoms with Crippen LogP contribution in [0.3, 0.4) is 0 Å². The van der Waals surface area contributed by atoms with Crippen molar-refractivity contribution in [1.29, 1.82) is 0 Å². The van der Waals surface area contributed by atoms with E-state index in [0.29, 0.717) is 0 Å². The van der Waals surface area contributed by atoms with E-state index in [0.717, 1.165) is 18.3 Å². The molecule has 0 saturated heterocycles. The second-order valence-corrected chi connectivity index (χ2v) is 8.02. The van der Waals surface area contributed by atoms with E-state index in [-0.39, 0.29) is 5.15 Å². The summed E-state index contributed by atoms with van der Waals surface area (Å²) in [6.07, 6.45) is 12.1. The second-order valence-electron chi connectivity index (χ2n) is 7.64. The molecular formula is C21H39BClF3N2. The Morgan fingerprint density at radius 3 is 1.46 bits per heavy atom. The average Bonchev–Trinajstić information content (AvgIpc) is 2.67. The molecule has 0 aliphatic heterocycles. The molecule has 2 nitrogen and oxygen atoms in total. The maximum Gasteiger partial charge on any atom is 0.509 e. The van der Waals surface area contributed by atoms with Crippen molar-refractivity contribution >= 4 is 24.0 Å². The van der Waals surface area contributed by atoms with Crippen LogP contribution in [-0.2, 0) is 0 Å². The lowest BCUT2D eigenvalue weighted by atomic mass is 9.81. The van der Waals surface area contributed by atoms with Crippen LogP contribution in [0.25, 0.3) is 0 Å². The zero-order valence-electron chi connectivity index (χ0n) is 18.2. The van der Waals surface area contributed by atoms with Crippen LogP contribution in [0, 0.1) is 0 Å². The predicted octanol–water partition coefficient (Wildman–Crippen LogP) is 6.79. The van der Waals surface area contributed by atoms with Crippen molar-refractivity contribution in [2.45, 2.75) is 79.1 Å². The summed E-state index contributed by atoms with van der Waals surface area (Å²) in [6.45, 7) is 10.1. The highest BCUT2D eigenvalue weighted by Crippen LogP contribution is 2.16. The fourth-order valence-corrected chi connectivity index (χ4v) is 3.45. The van der Waals surface area contributed by atoms with Crippen molar-refractivity contribution in [3.05, 3.63) is 23.5 Å². The lowest BCUT2D eigenvalue weighted by molar-refractivity contribution is -0.929. The number of aromatic nitrogens is 1. The minimum absolute atomic E-state index is 0.137. The van der Waals surface area contributed by atoms with Gasteiger partial charge in [0, 0.05) is 6.20 Å². The third kappa shape index (κ3) is 12.0. The van der Waals surface area contributed by atoms with Gasteiger partial charge in [-0.15, -0.1) is 5.46 Å². The summed E-state index contributed by atoms with van der Waals surface area (Å²) in [5.41, 5.74) is -0.718. The maximum atomic E-state index is 11.9. The molecule has 28 heavy (non-hydrogen) atoms. The van der Waals surface area contributed by atoms with Gasteiger partial charge in [0.05, 0.1) is 26.2 Å². The van der Waals surface area contributed by atoms with E-state index >= 15 is 0 Å².